The fraction of sp³-hybridized carbons (Fsp3) is 0.586. The number of rotatable bonds is 37. The Hall–Kier alpha value is -4.54. The Morgan fingerprint density at radius 1 is 0.373 bits per heavy atom. The smallest absolute Gasteiger partial charge is 0.489 e. The van der Waals surface area contributed by atoms with Crippen molar-refractivity contribution in [3.05, 3.63) is 124 Å². The predicted octanol–water partition coefficient (Wildman–Crippen LogP) is 19.4. The summed E-state index contributed by atoms with van der Waals surface area (Å²) in [7, 11) is -2.33. The Labute approximate surface area is 438 Å². The van der Waals surface area contributed by atoms with Gasteiger partial charge in [-0.3, -0.25) is 8.78 Å². The van der Waals surface area contributed by atoms with Crippen LogP contribution >= 0.6 is 0 Å². The van der Waals surface area contributed by atoms with E-state index in [1.54, 1.807) is 0 Å². The maximum atomic E-state index is 17.1. The molecule has 0 aliphatic rings. The molecule has 420 valence electrons. The number of nitrogens with zero attached hydrogens (tertiary/aromatic N) is 1. The second kappa shape index (κ2) is 35.7. The molecule has 1 unspecified atom stereocenters. The monoisotopic (exact) mass is 1080 g/mol. The molecule has 4 rings (SSSR count). The molecule has 4 nitrogen and oxygen atoms in total. The van der Waals surface area contributed by atoms with Crippen LogP contribution < -0.4 is 14.0 Å². The molecule has 0 radical (unpaired) electrons. The van der Waals surface area contributed by atoms with Gasteiger partial charge in [0.25, 0.3) is 0 Å². The highest BCUT2D eigenvalue weighted by Gasteiger charge is 2.43. The van der Waals surface area contributed by atoms with Crippen molar-refractivity contribution in [2.75, 3.05) is 19.6 Å². The van der Waals surface area contributed by atoms with Crippen LogP contribution in [0.3, 0.4) is 0 Å². The van der Waals surface area contributed by atoms with Crippen molar-refractivity contribution in [2.45, 2.75) is 201 Å². The van der Waals surface area contributed by atoms with E-state index in [-0.39, 0.29) is 5.56 Å². The molecule has 0 aliphatic carbocycles. The van der Waals surface area contributed by atoms with Crippen LogP contribution in [0.1, 0.15) is 206 Å². The van der Waals surface area contributed by atoms with Gasteiger partial charge in [0, 0.05) is 48.4 Å². The third kappa shape index (κ3) is 22.2. The van der Waals surface area contributed by atoms with Crippen molar-refractivity contribution < 1.29 is 71.1 Å². The Kier molecular flexibility index (Phi) is 30.8. The molecule has 0 N–H and O–H groups in total. The largest absolute Gasteiger partial charge is 0.864 e. The minimum absolute atomic E-state index is 0.284. The average molecular weight is 1080 g/mol. The van der Waals surface area contributed by atoms with Gasteiger partial charge in [-0.2, -0.15) is 6.07 Å². The molecule has 0 heterocycles. The van der Waals surface area contributed by atoms with Gasteiger partial charge in [0.05, 0.1) is 31.0 Å². The van der Waals surface area contributed by atoms with E-state index in [2.05, 4.69) is 33.8 Å². The normalized spacial score (nSPS) is 11.9. The van der Waals surface area contributed by atoms with Gasteiger partial charge < -0.3 is 18.4 Å². The van der Waals surface area contributed by atoms with Crippen LogP contribution in [-0.2, 0) is 0 Å². The summed E-state index contributed by atoms with van der Waals surface area (Å²) in [5, 5.41) is 0. The lowest BCUT2D eigenvalue weighted by atomic mass is 9.91. The number of benzene rings is 4. The third-order valence-electron chi connectivity index (χ3n) is 13.6. The number of halogens is 12. The molecular weight excluding hydrogens is 997 g/mol. The van der Waals surface area contributed by atoms with Gasteiger partial charge in [0.1, 0.15) is 23.3 Å². The fourth-order valence-electron chi connectivity index (χ4n) is 9.43. The zero-order valence-corrected chi connectivity index (χ0v) is 44.4. The minimum Gasteiger partial charge on any atom is -0.489 e. The van der Waals surface area contributed by atoms with Gasteiger partial charge in [-0.05, 0) is 44.9 Å². The molecule has 0 saturated heterocycles. The molecule has 4 aromatic carbocycles. The lowest BCUT2D eigenvalue weighted by Crippen LogP contribution is -2.53. The molecule has 0 amide bonds. The van der Waals surface area contributed by atoms with Crippen LogP contribution in [0.2, 0.25) is 0 Å². The topological polar surface area (TPSA) is 27.7 Å². The average Bonchev–Trinajstić information content (AvgIpc) is 3.37. The first-order valence-corrected chi connectivity index (χ1v) is 27.4. The molecule has 0 aromatic heterocycles. The molecule has 0 saturated carbocycles. The summed E-state index contributed by atoms with van der Waals surface area (Å²) in [4.78, 5) is 0. The van der Waals surface area contributed by atoms with Gasteiger partial charge in [-0.1, -0.05) is 143 Å². The molecule has 75 heavy (non-hydrogen) atoms. The van der Waals surface area contributed by atoms with Gasteiger partial charge in [0.2, 0.25) is 0 Å². The Morgan fingerprint density at radius 3 is 1.05 bits per heavy atom. The molecule has 0 fully saturated rings. The van der Waals surface area contributed by atoms with E-state index in [4.69, 9.17) is 14.0 Å². The van der Waals surface area contributed by atoms with E-state index in [0.29, 0.717) is 67.3 Å². The van der Waals surface area contributed by atoms with Crippen LogP contribution in [0.25, 0.3) is 0 Å². The van der Waals surface area contributed by atoms with E-state index < -0.39 is 100 Å². The first kappa shape index (κ1) is 64.8. The zero-order valence-electron chi connectivity index (χ0n) is 44.4. The number of hydrogen-bond donors (Lipinski definition) is 0. The Balaban J connectivity index is 0.00000148. The van der Waals surface area contributed by atoms with Crippen molar-refractivity contribution in [3.8, 4) is 17.2 Å². The lowest BCUT2D eigenvalue weighted by Gasteiger charge is -2.46. The molecule has 0 aliphatic heterocycles. The van der Waals surface area contributed by atoms with Gasteiger partial charge in [-0.15, -0.1) is 12.1 Å². The summed E-state index contributed by atoms with van der Waals surface area (Å²) >= 11 is 0. The van der Waals surface area contributed by atoms with Gasteiger partial charge in [0.15, 0.2) is 52.4 Å². The summed E-state index contributed by atoms with van der Waals surface area (Å²) < 4.78 is 188. The van der Waals surface area contributed by atoms with E-state index in [1.807, 2.05) is 0 Å². The predicted molar refractivity (Wildman–Crippen MR) is 272 cm³/mol. The van der Waals surface area contributed by atoms with Crippen molar-refractivity contribution in [1.82, 2.24) is 0 Å². The molecule has 4 aromatic rings. The van der Waals surface area contributed by atoms with E-state index >= 15 is 13.2 Å². The standard InChI is InChI=1S/C52H76BF9NO3.C6H2F3/c1-5-9-13-17-21-22-26-30-46(63(31-27-23-18-14-10-6-2,32-28-24-19-15-11-7-3)33-29-25-20-16-12-8-4)48-47(38-45(58)51(61)52(48)62)66-53(64-39-34-41(54)49(59)42(55)35-39)65-40-36-43(56)50(60)44(57)37-40;7-4-2-1-3-5(8)6(4)9/h34-38,46H,5-33H2,1-4H3;2-3H/q+1;-1. The third-order valence-corrected chi connectivity index (χ3v) is 13.6. The van der Waals surface area contributed by atoms with Crippen molar-refractivity contribution in [1.29, 1.82) is 0 Å². The minimum atomic E-state index is -2.33. The highest BCUT2D eigenvalue weighted by molar-refractivity contribution is 6.39. The van der Waals surface area contributed by atoms with E-state index in [0.717, 1.165) is 166 Å². The fourth-order valence-corrected chi connectivity index (χ4v) is 9.43. The highest BCUT2D eigenvalue weighted by atomic mass is 19.2. The molecule has 0 spiro atoms. The molecule has 0 bridgehead atoms. The molecule has 1 atom stereocenters. The number of quaternary nitrogens is 1. The van der Waals surface area contributed by atoms with Gasteiger partial charge in [-0.25, -0.2) is 43.9 Å². The summed E-state index contributed by atoms with van der Waals surface area (Å²) in [6.07, 6.45) is 25.1. The van der Waals surface area contributed by atoms with E-state index in [1.165, 1.54) is 0 Å². The summed E-state index contributed by atoms with van der Waals surface area (Å²) in [5.74, 6) is -21.0. The van der Waals surface area contributed by atoms with Crippen LogP contribution in [0.5, 0.6) is 17.2 Å². The Morgan fingerprint density at radius 2 is 0.693 bits per heavy atom. The zero-order chi connectivity index (χ0) is 55.2. The number of unbranched alkanes of at least 4 members (excludes halogenated alkanes) is 21. The first-order valence-electron chi connectivity index (χ1n) is 27.4. The summed E-state index contributed by atoms with van der Waals surface area (Å²) in [5.41, 5.74) is -0.284. The maximum absolute atomic E-state index is 17.1. The van der Waals surface area contributed by atoms with Crippen molar-refractivity contribution in [2.24, 2.45) is 0 Å². The second-order valence-electron chi connectivity index (χ2n) is 19.5. The lowest BCUT2D eigenvalue weighted by molar-refractivity contribution is -0.958. The first-order chi connectivity index (χ1) is 36.0. The van der Waals surface area contributed by atoms with Crippen molar-refractivity contribution in [3.63, 3.8) is 0 Å². The van der Waals surface area contributed by atoms with Crippen LogP contribution in [-0.4, -0.2) is 31.4 Å². The Bertz CT molecular complexity index is 2090. The number of hydrogen-bond acceptors (Lipinski definition) is 3. The summed E-state index contributed by atoms with van der Waals surface area (Å²) in [6.45, 7) is 10.5. The van der Waals surface area contributed by atoms with E-state index in [9.17, 15) is 39.5 Å². The maximum Gasteiger partial charge on any atom is 0.864 e. The SMILES string of the molecule is CCCCCCCCCC(c1c(OB(Oc2cc(F)c(F)c(F)c2)Oc2cc(F)c(F)c(F)c2)cc(F)c(F)c1F)[N+](CCCCCCCC)(CCCCCCCC)CCCCCCCC.Fc1c[c-]cc(F)c1F. The molecule has 17 heteroatoms. The van der Waals surface area contributed by atoms with Crippen LogP contribution in [0, 0.1) is 75.9 Å². The molecular formula is C58H78BF12NO3. The van der Waals surface area contributed by atoms with Gasteiger partial charge >= 0.3 is 7.32 Å². The van der Waals surface area contributed by atoms with Crippen LogP contribution in [0.4, 0.5) is 52.7 Å². The second-order valence-corrected chi connectivity index (χ2v) is 19.5. The summed E-state index contributed by atoms with van der Waals surface area (Å²) in [6, 6.07) is 5.21. The van der Waals surface area contributed by atoms with Crippen LogP contribution in [0.15, 0.2) is 42.5 Å². The van der Waals surface area contributed by atoms with Crippen molar-refractivity contribution >= 4 is 7.32 Å². The quantitative estimate of drug-likeness (QED) is 0.0112. The highest BCUT2D eigenvalue weighted by Crippen LogP contribution is 2.44.